The summed E-state index contributed by atoms with van der Waals surface area (Å²) in [6.45, 7) is 6.40. The van der Waals surface area contributed by atoms with E-state index in [1.807, 2.05) is 112 Å². The minimum absolute atomic E-state index is 0.280. The molecule has 3 aromatic rings. The van der Waals surface area contributed by atoms with Gasteiger partial charge in [0.2, 0.25) is 0 Å². The highest BCUT2D eigenvalue weighted by Crippen LogP contribution is 2.79. The second kappa shape index (κ2) is 12.2. The van der Waals surface area contributed by atoms with Gasteiger partial charge >= 0.3 is 23.0 Å². The van der Waals surface area contributed by atoms with Crippen molar-refractivity contribution < 1.29 is 27.1 Å². The van der Waals surface area contributed by atoms with Crippen molar-refractivity contribution in [2.24, 2.45) is 13.5 Å². The number of nitrogens with zero attached hydrogens (tertiary/aromatic N) is 3. The van der Waals surface area contributed by atoms with Crippen molar-refractivity contribution in [1.29, 1.82) is 0 Å². The smallest absolute Gasteiger partial charge is 0.404 e. The average Bonchev–Trinajstić information content (AvgIpc) is 2.86. The summed E-state index contributed by atoms with van der Waals surface area (Å²) in [5.74, 6) is 1.62. The van der Waals surface area contributed by atoms with Crippen LogP contribution in [0, 0.1) is 0 Å². The van der Waals surface area contributed by atoms with Gasteiger partial charge in [-0.2, -0.15) is 0 Å². The van der Waals surface area contributed by atoms with Crippen LogP contribution in [0.3, 0.4) is 0 Å². The van der Waals surface area contributed by atoms with E-state index in [1.54, 1.807) is 0 Å². The molecule has 1 heterocycles. The number of benzene rings is 3. The van der Waals surface area contributed by atoms with Crippen LogP contribution in [0.4, 0.5) is 0 Å². The Balaban J connectivity index is 1.98. The molecule has 4 rings (SSSR count). The first-order valence-electron chi connectivity index (χ1n) is 11.6. The van der Waals surface area contributed by atoms with Crippen molar-refractivity contribution in [2.45, 2.75) is 20.8 Å². The molecule has 9 nitrogen and oxygen atoms in total. The van der Waals surface area contributed by atoms with Gasteiger partial charge in [0, 0.05) is 0 Å². The van der Waals surface area contributed by atoms with Gasteiger partial charge in [-0.1, -0.05) is 54.6 Å². The van der Waals surface area contributed by atoms with E-state index in [4.69, 9.17) is 40.7 Å². The summed E-state index contributed by atoms with van der Waals surface area (Å²) in [7, 11) is -10.3. The first-order chi connectivity index (χ1) is 17.5. The molecule has 0 fully saturated rings. The Hall–Kier alpha value is -2.37. The Morgan fingerprint density at radius 3 is 0.917 bits per heavy atom. The number of para-hydroxylation sites is 3. The van der Waals surface area contributed by atoms with Crippen LogP contribution in [0.25, 0.3) is 0 Å². The fourth-order valence-electron chi connectivity index (χ4n) is 3.19. The standard InChI is InChI=1S/C24H30N3O6P3/c1-4-28-34(31-22-16-10-7-11-17-22)25-35(29-5-2,32-23-18-12-8-13-19-23)27-36(26-34,30-6-3)33-24-20-14-9-15-21-24/h7-21H,4-6H2,1-3H3. The van der Waals surface area contributed by atoms with Crippen LogP contribution < -0.4 is 13.6 Å². The molecule has 36 heavy (non-hydrogen) atoms. The fraction of sp³-hybridized carbons (Fsp3) is 0.250. The molecule has 0 atom stereocenters. The summed E-state index contributed by atoms with van der Waals surface area (Å²) < 4.78 is 52.4. The van der Waals surface area contributed by atoms with Crippen molar-refractivity contribution in [3.63, 3.8) is 0 Å². The van der Waals surface area contributed by atoms with E-state index < -0.39 is 23.0 Å². The zero-order valence-corrected chi connectivity index (χ0v) is 23.1. The van der Waals surface area contributed by atoms with Gasteiger partial charge in [0.25, 0.3) is 0 Å². The lowest BCUT2D eigenvalue weighted by Gasteiger charge is -2.32. The fourth-order valence-corrected chi connectivity index (χ4v) is 12.5. The molecule has 0 unspecified atom stereocenters. The van der Waals surface area contributed by atoms with Crippen molar-refractivity contribution >= 4 is 23.0 Å². The minimum Gasteiger partial charge on any atom is -0.422 e. The molecule has 192 valence electrons. The first-order valence-corrected chi connectivity index (χ1v) is 16.2. The number of rotatable bonds is 12. The van der Waals surface area contributed by atoms with Crippen LogP contribution in [0.2, 0.25) is 0 Å². The van der Waals surface area contributed by atoms with Crippen LogP contribution in [0.5, 0.6) is 17.2 Å². The molecule has 1 aliphatic heterocycles. The lowest BCUT2D eigenvalue weighted by atomic mass is 10.3. The molecular formula is C24H30N3O6P3. The van der Waals surface area contributed by atoms with Gasteiger partial charge in [-0.15, -0.1) is 13.5 Å². The van der Waals surface area contributed by atoms with Crippen molar-refractivity contribution in [1.82, 2.24) is 0 Å². The first kappa shape index (κ1) is 26.7. The second-order valence-electron chi connectivity index (χ2n) is 7.21. The van der Waals surface area contributed by atoms with Gasteiger partial charge in [0.05, 0.1) is 19.8 Å². The molecule has 0 aromatic heterocycles. The van der Waals surface area contributed by atoms with Gasteiger partial charge in [-0.3, -0.25) is 13.6 Å². The molecule has 12 heteroatoms. The third kappa shape index (κ3) is 6.68. The minimum atomic E-state index is -3.43. The molecular weight excluding hydrogens is 519 g/mol. The van der Waals surface area contributed by atoms with Crippen LogP contribution in [0.1, 0.15) is 20.8 Å². The third-order valence-electron chi connectivity index (χ3n) is 4.47. The van der Waals surface area contributed by atoms with Crippen LogP contribution >= 0.6 is 23.0 Å². The SMILES string of the molecule is CCOP1(Oc2ccccc2)=NP(OCC)(Oc2ccccc2)=NP(OCC)(Oc2ccccc2)=N1. The van der Waals surface area contributed by atoms with E-state index in [1.165, 1.54) is 0 Å². The zero-order chi connectivity index (χ0) is 25.3. The van der Waals surface area contributed by atoms with Crippen LogP contribution in [-0.2, 0) is 13.6 Å². The van der Waals surface area contributed by atoms with E-state index in [0.717, 1.165) is 0 Å². The maximum Gasteiger partial charge on any atom is 0.404 e. The molecule has 0 bridgehead atoms. The number of hydrogen-bond acceptors (Lipinski definition) is 9. The Labute approximate surface area is 212 Å². The van der Waals surface area contributed by atoms with Crippen LogP contribution in [-0.4, -0.2) is 19.8 Å². The van der Waals surface area contributed by atoms with Gasteiger partial charge in [0.15, 0.2) is 0 Å². The van der Waals surface area contributed by atoms with Gasteiger partial charge in [-0.25, -0.2) is 0 Å². The predicted molar refractivity (Wildman–Crippen MR) is 144 cm³/mol. The van der Waals surface area contributed by atoms with Crippen molar-refractivity contribution in [2.75, 3.05) is 19.8 Å². The summed E-state index contributed by atoms with van der Waals surface area (Å²) in [5.41, 5.74) is 0. The molecule has 0 aliphatic carbocycles. The molecule has 1 aliphatic rings. The van der Waals surface area contributed by atoms with Crippen molar-refractivity contribution in [3.8, 4) is 17.2 Å². The van der Waals surface area contributed by atoms with Crippen LogP contribution in [0.15, 0.2) is 105 Å². The Kier molecular flexibility index (Phi) is 9.08. The Morgan fingerprint density at radius 2 is 0.694 bits per heavy atom. The Morgan fingerprint density at radius 1 is 0.444 bits per heavy atom. The Bertz CT molecular complexity index is 1110. The monoisotopic (exact) mass is 549 g/mol. The highest BCUT2D eigenvalue weighted by molar-refractivity contribution is 7.78. The van der Waals surface area contributed by atoms with E-state index in [0.29, 0.717) is 17.2 Å². The van der Waals surface area contributed by atoms with Gasteiger partial charge in [-0.05, 0) is 57.2 Å². The lowest BCUT2D eigenvalue weighted by Crippen LogP contribution is -2.08. The van der Waals surface area contributed by atoms with E-state index >= 15 is 0 Å². The summed E-state index contributed by atoms with van der Waals surface area (Å²) in [6.07, 6.45) is 0. The molecule has 0 saturated carbocycles. The summed E-state index contributed by atoms with van der Waals surface area (Å²) in [5, 5.41) is 0. The zero-order valence-electron chi connectivity index (χ0n) is 20.4. The topological polar surface area (TPSA) is 92.5 Å². The normalized spacial score (nSPS) is 25.1. The highest BCUT2D eigenvalue weighted by atomic mass is 31.3. The third-order valence-corrected chi connectivity index (χ3v) is 13.0. The molecule has 3 aromatic carbocycles. The molecule has 0 spiro atoms. The molecule has 0 amide bonds. The molecule has 0 N–H and O–H groups in total. The maximum absolute atomic E-state index is 6.39. The second-order valence-corrected chi connectivity index (χ2v) is 13.6. The predicted octanol–water partition coefficient (Wildman–Crippen LogP) is 9.19. The summed E-state index contributed by atoms with van der Waals surface area (Å²) in [4.78, 5) is 0. The van der Waals surface area contributed by atoms with Gasteiger partial charge in [0.1, 0.15) is 17.2 Å². The van der Waals surface area contributed by atoms with Gasteiger partial charge < -0.3 is 13.6 Å². The largest absolute Gasteiger partial charge is 0.422 e. The van der Waals surface area contributed by atoms with E-state index in [-0.39, 0.29) is 19.8 Å². The average molecular weight is 549 g/mol. The van der Waals surface area contributed by atoms with E-state index in [9.17, 15) is 0 Å². The summed E-state index contributed by atoms with van der Waals surface area (Å²) in [6, 6.07) is 27.8. The maximum atomic E-state index is 6.39. The quantitative estimate of drug-likeness (QED) is 0.209. The highest BCUT2D eigenvalue weighted by Gasteiger charge is 2.45. The van der Waals surface area contributed by atoms with Crippen molar-refractivity contribution in [3.05, 3.63) is 91.0 Å². The lowest BCUT2D eigenvalue weighted by molar-refractivity contribution is 0.300. The molecule has 0 saturated heterocycles. The number of hydrogen-bond donors (Lipinski definition) is 0. The summed E-state index contributed by atoms with van der Waals surface area (Å²) >= 11 is 0. The molecule has 0 radical (unpaired) electrons. The van der Waals surface area contributed by atoms with E-state index in [2.05, 4.69) is 0 Å².